The van der Waals surface area contributed by atoms with Crippen LogP contribution in [0, 0.1) is 0 Å². The van der Waals surface area contributed by atoms with Crippen molar-refractivity contribution in [1.82, 2.24) is 0 Å². The van der Waals surface area contributed by atoms with E-state index in [9.17, 15) is 19.2 Å². The molecule has 0 saturated carbocycles. The Bertz CT molecular complexity index is 995. The van der Waals surface area contributed by atoms with Crippen molar-refractivity contribution in [3.63, 3.8) is 0 Å². The average Bonchev–Trinajstić information content (AvgIpc) is 3.00. The third-order valence-electron chi connectivity index (χ3n) is 5.92. The van der Waals surface area contributed by atoms with E-state index in [1.807, 2.05) is 24.3 Å². The summed E-state index contributed by atoms with van der Waals surface area (Å²) in [6, 6.07) is 13.7. The second-order valence-electron chi connectivity index (χ2n) is 9.26. The molecule has 0 N–H and O–H groups in total. The fraction of sp³-hybridized carbons (Fsp3) is 0.467. The molecule has 0 aromatic heterocycles. The van der Waals surface area contributed by atoms with Crippen LogP contribution in [0.1, 0.15) is 97.1 Å². The predicted octanol–water partition coefficient (Wildman–Crippen LogP) is 6.95. The molecule has 230 valence electrons. The first-order valence-corrected chi connectivity index (χ1v) is 14.0. The molecular formula is C30H38O12. The number of unbranched alkanes of at least 4 members (excludes halogenated alkanes) is 5. The standard InChI is InChI=1S/C30H38O12/c1-3-5-11-23-13-17-25(18-14-23)27(31)37-41-39-29(33)35-21-9-7-8-10-22-36-30(34)40-42-38-28(32)26-19-15-24(16-20-26)12-6-4-2/h13-20H,3-12,21-22H2,1-2H3. The molecular weight excluding hydrogens is 552 g/mol. The van der Waals surface area contributed by atoms with Gasteiger partial charge in [-0.15, -0.1) is 0 Å². The van der Waals surface area contributed by atoms with Gasteiger partial charge in [0, 0.05) is 0 Å². The Balaban J connectivity index is 1.42. The van der Waals surface area contributed by atoms with Crippen LogP contribution in [-0.4, -0.2) is 37.5 Å². The molecule has 0 aliphatic rings. The zero-order chi connectivity index (χ0) is 30.4. The lowest BCUT2D eigenvalue weighted by atomic mass is 10.1. The van der Waals surface area contributed by atoms with Crippen molar-refractivity contribution < 1.29 is 58.3 Å². The average molecular weight is 591 g/mol. The molecule has 2 aromatic carbocycles. The summed E-state index contributed by atoms with van der Waals surface area (Å²) in [4.78, 5) is 64.2. The van der Waals surface area contributed by atoms with E-state index < -0.39 is 24.2 Å². The van der Waals surface area contributed by atoms with E-state index in [0.29, 0.717) is 25.7 Å². The van der Waals surface area contributed by atoms with Crippen molar-refractivity contribution >= 4 is 24.2 Å². The van der Waals surface area contributed by atoms with E-state index in [0.717, 1.165) is 49.7 Å². The third-order valence-corrected chi connectivity index (χ3v) is 5.92. The highest BCUT2D eigenvalue weighted by molar-refractivity contribution is 5.89. The maximum absolute atomic E-state index is 11.9. The van der Waals surface area contributed by atoms with Crippen LogP contribution in [-0.2, 0) is 51.9 Å². The van der Waals surface area contributed by atoms with E-state index in [1.165, 1.54) is 0 Å². The van der Waals surface area contributed by atoms with Gasteiger partial charge in [0.2, 0.25) is 0 Å². The van der Waals surface area contributed by atoms with Crippen LogP contribution in [0.15, 0.2) is 48.5 Å². The summed E-state index contributed by atoms with van der Waals surface area (Å²) in [5.41, 5.74) is 2.71. The minimum absolute atomic E-state index is 0.0406. The molecule has 0 aliphatic heterocycles. The number of hydrogen-bond acceptors (Lipinski definition) is 12. The normalized spacial score (nSPS) is 10.4. The summed E-state index contributed by atoms with van der Waals surface area (Å²) < 4.78 is 9.61. The molecule has 0 amide bonds. The molecule has 0 radical (unpaired) electrons. The van der Waals surface area contributed by atoms with Crippen molar-refractivity contribution in [3.05, 3.63) is 70.8 Å². The smallest absolute Gasteiger partial charge is 0.432 e. The minimum atomic E-state index is -1.16. The maximum atomic E-state index is 11.9. The van der Waals surface area contributed by atoms with Gasteiger partial charge in [0.1, 0.15) is 0 Å². The zero-order valence-electron chi connectivity index (χ0n) is 24.0. The Morgan fingerprint density at radius 3 is 1.24 bits per heavy atom. The molecule has 0 aliphatic carbocycles. The first-order valence-electron chi connectivity index (χ1n) is 14.0. The van der Waals surface area contributed by atoms with Crippen molar-refractivity contribution in [3.8, 4) is 0 Å². The molecule has 0 atom stereocenters. The molecule has 12 heteroatoms. The minimum Gasteiger partial charge on any atom is -0.432 e. The highest BCUT2D eigenvalue weighted by atomic mass is 17.5. The lowest BCUT2D eigenvalue weighted by Crippen LogP contribution is -2.13. The summed E-state index contributed by atoms with van der Waals surface area (Å²) >= 11 is 0. The second kappa shape index (κ2) is 20.7. The van der Waals surface area contributed by atoms with Gasteiger partial charge >= 0.3 is 24.2 Å². The quantitative estimate of drug-likeness (QED) is 0.0723. The molecule has 42 heavy (non-hydrogen) atoms. The topological polar surface area (TPSA) is 142 Å². The predicted molar refractivity (Wildman–Crippen MR) is 146 cm³/mol. The Morgan fingerprint density at radius 2 is 0.881 bits per heavy atom. The zero-order valence-corrected chi connectivity index (χ0v) is 24.0. The van der Waals surface area contributed by atoms with Crippen LogP contribution in [0.4, 0.5) is 9.59 Å². The number of carbonyl (C=O) groups is 4. The van der Waals surface area contributed by atoms with Crippen LogP contribution in [0.5, 0.6) is 0 Å². The maximum Gasteiger partial charge on any atom is 0.543 e. The fourth-order valence-corrected chi connectivity index (χ4v) is 3.54. The molecule has 0 spiro atoms. The molecule has 0 fully saturated rings. The number of rotatable bonds is 19. The Labute approximate surface area is 244 Å². The van der Waals surface area contributed by atoms with Crippen molar-refractivity contribution in [2.45, 2.75) is 78.1 Å². The number of aryl methyl sites for hydroxylation is 2. The van der Waals surface area contributed by atoms with Crippen molar-refractivity contribution in [2.24, 2.45) is 0 Å². The Hall–Kier alpha value is -4.16. The van der Waals surface area contributed by atoms with Crippen LogP contribution < -0.4 is 0 Å². The fourth-order valence-electron chi connectivity index (χ4n) is 3.54. The molecule has 2 rings (SSSR count). The summed E-state index contributed by atoms with van der Waals surface area (Å²) in [7, 11) is 0. The van der Waals surface area contributed by atoms with Crippen molar-refractivity contribution in [2.75, 3.05) is 13.2 Å². The molecule has 0 bridgehead atoms. The van der Waals surface area contributed by atoms with Gasteiger partial charge in [-0.1, -0.05) is 51.0 Å². The van der Waals surface area contributed by atoms with Gasteiger partial charge in [-0.3, -0.25) is 9.78 Å². The van der Waals surface area contributed by atoms with E-state index in [-0.39, 0.29) is 24.3 Å². The van der Waals surface area contributed by atoms with Gasteiger partial charge in [0.05, 0.1) is 34.4 Å². The number of ether oxygens (including phenoxy) is 2. The summed E-state index contributed by atoms with van der Waals surface area (Å²) in [5, 5.41) is 8.39. The van der Waals surface area contributed by atoms with Crippen LogP contribution in [0.2, 0.25) is 0 Å². The highest BCUT2D eigenvalue weighted by Gasteiger charge is 2.13. The lowest BCUT2D eigenvalue weighted by Gasteiger charge is -2.06. The summed E-state index contributed by atoms with van der Waals surface area (Å²) in [6.45, 7) is 4.28. The third kappa shape index (κ3) is 14.5. The molecule has 2 aromatic rings. The molecule has 12 nitrogen and oxygen atoms in total. The highest BCUT2D eigenvalue weighted by Crippen LogP contribution is 2.11. The largest absolute Gasteiger partial charge is 0.543 e. The van der Waals surface area contributed by atoms with Gasteiger partial charge in [-0.2, -0.15) is 0 Å². The summed E-state index contributed by atoms with van der Waals surface area (Å²) in [6.07, 6.45) is 6.10. The Kier molecular flexibility index (Phi) is 16.8. The Morgan fingerprint density at radius 1 is 0.500 bits per heavy atom. The van der Waals surface area contributed by atoms with E-state index in [1.54, 1.807) is 24.3 Å². The lowest BCUT2D eigenvalue weighted by molar-refractivity contribution is -0.452. The molecule has 0 saturated heterocycles. The van der Waals surface area contributed by atoms with Crippen LogP contribution in [0.25, 0.3) is 0 Å². The summed E-state index contributed by atoms with van der Waals surface area (Å²) in [5.74, 6) is -1.63. The molecule has 0 heterocycles. The second-order valence-corrected chi connectivity index (χ2v) is 9.26. The first-order chi connectivity index (χ1) is 20.4. The van der Waals surface area contributed by atoms with Crippen LogP contribution >= 0.6 is 0 Å². The van der Waals surface area contributed by atoms with Gasteiger partial charge in [0.25, 0.3) is 0 Å². The van der Waals surface area contributed by atoms with Gasteiger partial charge < -0.3 is 9.47 Å². The van der Waals surface area contributed by atoms with Crippen molar-refractivity contribution in [1.29, 1.82) is 0 Å². The number of benzene rings is 2. The molecule has 0 unspecified atom stereocenters. The van der Waals surface area contributed by atoms with E-state index in [4.69, 9.17) is 9.47 Å². The van der Waals surface area contributed by atoms with Gasteiger partial charge in [-0.25, -0.2) is 29.0 Å². The van der Waals surface area contributed by atoms with Gasteiger partial charge in [0.15, 0.2) is 0 Å². The van der Waals surface area contributed by atoms with E-state index >= 15 is 0 Å². The van der Waals surface area contributed by atoms with Gasteiger partial charge in [-0.05, 0) is 86.8 Å². The van der Waals surface area contributed by atoms with E-state index in [2.05, 4.69) is 43.5 Å². The monoisotopic (exact) mass is 590 g/mol. The number of hydrogen-bond donors (Lipinski definition) is 0. The van der Waals surface area contributed by atoms with Crippen LogP contribution in [0.3, 0.4) is 0 Å². The SMILES string of the molecule is CCCCc1ccc(C(=O)OOOC(=O)OCCCCCCOC(=O)OOOC(=O)c2ccc(CCCC)cc2)cc1. The number of carbonyl (C=O) groups excluding carboxylic acids is 4. The first kappa shape index (κ1) is 34.0.